The molecular weight excluding hydrogens is 376 g/mol. The third-order valence-corrected chi connectivity index (χ3v) is 5.80. The Labute approximate surface area is 168 Å². The van der Waals surface area contributed by atoms with Gasteiger partial charge in [-0.2, -0.15) is 0 Å². The zero-order chi connectivity index (χ0) is 19.2. The van der Waals surface area contributed by atoms with Crippen LogP contribution in [0.1, 0.15) is 12.5 Å². The van der Waals surface area contributed by atoms with Crippen molar-refractivity contribution in [2.24, 2.45) is 0 Å². The topological polar surface area (TPSA) is 59.8 Å². The summed E-state index contributed by atoms with van der Waals surface area (Å²) in [5.41, 5.74) is 2.93. The van der Waals surface area contributed by atoms with E-state index in [9.17, 15) is 4.79 Å². The Kier molecular flexibility index (Phi) is 6.58. The fourth-order valence-corrected chi connectivity index (χ4v) is 4.00. The Morgan fingerprint density at radius 3 is 2.59 bits per heavy atom. The van der Waals surface area contributed by atoms with E-state index in [4.69, 9.17) is 0 Å². The molecule has 0 atom stereocenters. The molecule has 0 aliphatic carbocycles. The van der Waals surface area contributed by atoms with Crippen LogP contribution in [-0.4, -0.2) is 32.7 Å². The zero-order valence-electron chi connectivity index (χ0n) is 15.6. The van der Waals surface area contributed by atoms with Gasteiger partial charge in [-0.15, -0.1) is 22.0 Å². The molecule has 5 nitrogen and oxygen atoms in total. The van der Waals surface area contributed by atoms with Crippen LogP contribution in [0.3, 0.4) is 0 Å². The highest BCUT2D eigenvalue weighted by Crippen LogP contribution is 2.25. The van der Waals surface area contributed by atoms with Crippen molar-refractivity contribution in [3.05, 3.63) is 54.1 Å². The number of carbonyl (C=O) groups is 1. The van der Waals surface area contributed by atoms with E-state index in [0.717, 1.165) is 34.3 Å². The first kappa shape index (κ1) is 19.5. The average molecular weight is 399 g/mol. The molecule has 0 aliphatic heterocycles. The van der Waals surface area contributed by atoms with Crippen molar-refractivity contribution >= 4 is 35.1 Å². The molecule has 1 heterocycles. The van der Waals surface area contributed by atoms with Gasteiger partial charge in [-0.25, -0.2) is 0 Å². The summed E-state index contributed by atoms with van der Waals surface area (Å²) in [4.78, 5) is 13.6. The Balaban J connectivity index is 1.66. The summed E-state index contributed by atoms with van der Waals surface area (Å²) in [6.07, 6.45) is 2.04. The molecule has 0 bridgehead atoms. The molecule has 1 aromatic heterocycles. The molecule has 3 rings (SSSR count). The summed E-state index contributed by atoms with van der Waals surface area (Å²) in [5, 5.41) is 12.3. The van der Waals surface area contributed by atoms with E-state index in [1.807, 2.05) is 60.2 Å². The Hall–Kier alpha value is -2.25. The summed E-state index contributed by atoms with van der Waals surface area (Å²) in [6.45, 7) is 4.80. The van der Waals surface area contributed by atoms with Gasteiger partial charge < -0.3 is 9.88 Å². The summed E-state index contributed by atoms with van der Waals surface area (Å²) in [7, 11) is 0. The van der Waals surface area contributed by atoms with Gasteiger partial charge in [0.05, 0.1) is 5.75 Å². The van der Waals surface area contributed by atoms with Gasteiger partial charge >= 0.3 is 0 Å². The van der Waals surface area contributed by atoms with Crippen LogP contribution >= 0.6 is 23.5 Å². The normalized spacial score (nSPS) is 10.8. The Morgan fingerprint density at radius 2 is 1.93 bits per heavy atom. The van der Waals surface area contributed by atoms with Crippen LogP contribution in [0.15, 0.2) is 58.6 Å². The highest BCUT2D eigenvalue weighted by molar-refractivity contribution is 7.99. The minimum absolute atomic E-state index is 0.0492. The number of hydrogen-bond acceptors (Lipinski definition) is 5. The van der Waals surface area contributed by atoms with Crippen molar-refractivity contribution in [1.29, 1.82) is 0 Å². The summed E-state index contributed by atoms with van der Waals surface area (Å²) < 4.78 is 2.03. The number of nitrogens with one attached hydrogen (secondary N) is 1. The third kappa shape index (κ3) is 4.73. The van der Waals surface area contributed by atoms with Gasteiger partial charge in [0.15, 0.2) is 11.0 Å². The molecule has 7 heteroatoms. The molecule has 3 aromatic rings. The number of carbonyl (C=O) groups excluding carboxylic acids is 1. The largest absolute Gasteiger partial charge is 0.325 e. The minimum atomic E-state index is -0.0492. The summed E-state index contributed by atoms with van der Waals surface area (Å²) in [6, 6.07) is 16.0. The van der Waals surface area contributed by atoms with E-state index in [-0.39, 0.29) is 11.7 Å². The quantitative estimate of drug-likeness (QED) is 0.583. The molecule has 140 valence electrons. The lowest BCUT2D eigenvalue weighted by atomic mass is 10.2. The van der Waals surface area contributed by atoms with Gasteiger partial charge in [0.25, 0.3) is 0 Å². The molecular formula is C20H22N4OS2. The molecule has 0 saturated heterocycles. The van der Waals surface area contributed by atoms with Crippen LogP contribution in [-0.2, 0) is 11.3 Å². The van der Waals surface area contributed by atoms with Crippen LogP contribution in [0, 0.1) is 6.92 Å². The number of aryl methyl sites for hydroxylation is 1. The van der Waals surface area contributed by atoms with Crippen molar-refractivity contribution in [2.45, 2.75) is 30.4 Å². The van der Waals surface area contributed by atoms with Gasteiger partial charge in [0, 0.05) is 22.7 Å². The van der Waals surface area contributed by atoms with E-state index in [0.29, 0.717) is 0 Å². The van der Waals surface area contributed by atoms with Crippen molar-refractivity contribution < 1.29 is 4.79 Å². The van der Waals surface area contributed by atoms with Crippen LogP contribution in [0.25, 0.3) is 11.4 Å². The molecule has 2 aromatic carbocycles. The Morgan fingerprint density at radius 1 is 1.15 bits per heavy atom. The number of aromatic nitrogens is 3. The first-order valence-electron chi connectivity index (χ1n) is 8.68. The van der Waals surface area contributed by atoms with E-state index >= 15 is 0 Å². The number of benzene rings is 2. The van der Waals surface area contributed by atoms with Crippen LogP contribution < -0.4 is 5.32 Å². The monoisotopic (exact) mass is 398 g/mol. The van der Waals surface area contributed by atoms with Crippen LogP contribution in [0.5, 0.6) is 0 Å². The molecule has 1 N–H and O–H groups in total. The maximum absolute atomic E-state index is 12.4. The van der Waals surface area contributed by atoms with Crippen LogP contribution in [0.4, 0.5) is 5.69 Å². The Bertz CT molecular complexity index is 925. The second-order valence-corrected chi connectivity index (χ2v) is 7.76. The first-order chi connectivity index (χ1) is 13.1. The maximum atomic E-state index is 12.4. The number of hydrogen-bond donors (Lipinski definition) is 1. The van der Waals surface area contributed by atoms with E-state index < -0.39 is 0 Å². The lowest BCUT2D eigenvalue weighted by Crippen LogP contribution is -2.15. The van der Waals surface area contributed by atoms with Gasteiger partial charge in [0.2, 0.25) is 5.91 Å². The summed E-state index contributed by atoms with van der Waals surface area (Å²) in [5.74, 6) is 1.06. The third-order valence-electron chi connectivity index (χ3n) is 4.11. The van der Waals surface area contributed by atoms with Gasteiger partial charge in [-0.3, -0.25) is 4.79 Å². The SMILES string of the molecule is CCn1c(SCC(=O)Nc2ccc(SC)cc2C)nnc1-c1ccccc1. The number of nitrogens with zero attached hydrogens (tertiary/aromatic N) is 3. The highest BCUT2D eigenvalue weighted by Gasteiger charge is 2.14. The highest BCUT2D eigenvalue weighted by atomic mass is 32.2. The molecule has 0 aliphatic rings. The molecule has 0 radical (unpaired) electrons. The smallest absolute Gasteiger partial charge is 0.234 e. The number of rotatable bonds is 7. The lowest BCUT2D eigenvalue weighted by molar-refractivity contribution is -0.113. The van der Waals surface area contributed by atoms with Crippen molar-refractivity contribution in [2.75, 3.05) is 17.3 Å². The fourth-order valence-electron chi connectivity index (χ4n) is 2.70. The maximum Gasteiger partial charge on any atom is 0.234 e. The van der Waals surface area contributed by atoms with Gasteiger partial charge in [-0.05, 0) is 43.9 Å². The predicted octanol–water partition coefficient (Wildman–Crippen LogP) is 4.73. The molecule has 0 saturated carbocycles. The fraction of sp³-hybridized carbons (Fsp3) is 0.250. The summed E-state index contributed by atoms with van der Waals surface area (Å²) >= 11 is 3.09. The van der Waals surface area contributed by atoms with Crippen molar-refractivity contribution in [3.8, 4) is 11.4 Å². The van der Waals surface area contributed by atoms with Gasteiger partial charge in [0.1, 0.15) is 0 Å². The van der Waals surface area contributed by atoms with Crippen molar-refractivity contribution in [1.82, 2.24) is 14.8 Å². The molecule has 0 spiro atoms. The van der Waals surface area contributed by atoms with E-state index in [2.05, 4.69) is 28.5 Å². The van der Waals surface area contributed by atoms with Gasteiger partial charge in [-0.1, -0.05) is 42.1 Å². The molecule has 1 amide bonds. The number of anilines is 1. The standard InChI is InChI=1S/C20H22N4OS2/c1-4-24-19(15-8-6-5-7-9-15)22-23-20(24)27-13-18(25)21-17-11-10-16(26-3)12-14(17)2/h5-12H,4,13H2,1-3H3,(H,21,25). The number of amides is 1. The van der Waals surface area contributed by atoms with Crippen molar-refractivity contribution in [3.63, 3.8) is 0 Å². The number of thioether (sulfide) groups is 2. The molecule has 0 fully saturated rings. The van der Waals surface area contributed by atoms with E-state index in [1.54, 1.807) is 11.8 Å². The van der Waals surface area contributed by atoms with Crippen LogP contribution in [0.2, 0.25) is 0 Å². The van der Waals surface area contributed by atoms with E-state index in [1.165, 1.54) is 16.7 Å². The zero-order valence-corrected chi connectivity index (χ0v) is 17.2. The predicted molar refractivity (Wildman–Crippen MR) is 113 cm³/mol. The lowest BCUT2D eigenvalue weighted by Gasteiger charge is -2.10. The molecule has 0 unspecified atom stereocenters. The second kappa shape index (κ2) is 9.10. The minimum Gasteiger partial charge on any atom is -0.325 e. The second-order valence-electron chi connectivity index (χ2n) is 5.93. The first-order valence-corrected chi connectivity index (χ1v) is 10.9. The average Bonchev–Trinajstić information content (AvgIpc) is 3.11. The molecule has 27 heavy (non-hydrogen) atoms.